The van der Waals surface area contributed by atoms with Gasteiger partial charge in [0, 0.05) is 0 Å². The summed E-state index contributed by atoms with van der Waals surface area (Å²) in [4.78, 5) is 24.3. The van der Waals surface area contributed by atoms with Crippen LogP contribution in [0.3, 0.4) is 0 Å². The van der Waals surface area contributed by atoms with Gasteiger partial charge in [0.15, 0.2) is 0 Å². The van der Waals surface area contributed by atoms with Crippen LogP contribution in [0, 0.1) is 0 Å². The Kier molecular flexibility index (Phi) is 2.16. The Morgan fingerprint density at radius 1 is 0.875 bits per heavy atom. The zero-order chi connectivity index (χ0) is 6.41. The van der Waals surface area contributed by atoms with Crippen LogP contribution in [0.4, 0.5) is 0 Å². The summed E-state index contributed by atoms with van der Waals surface area (Å²) in [5.41, 5.74) is 0. The van der Waals surface area contributed by atoms with E-state index in [9.17, 15) is 0 Å². The van der Waals surface area contributed by atoms with Crippen LogP contribution in [0.2, 0.25) is 0 Å². The molecule has 0 aromatic heterocycles. The predicted octanol–water partition coefficient (Wildman–Crippen LogP) is -1.84. The number of hydrogen-bond acceptors (Lipinski definition) is 5. The molecule has 0 saturated carbocycles. The summed E-state index contributed by atoms with van der Waals surface area (Å²) in [5.74, 6) is 0. The molecule has 0 aliphatic heterocycles. The van der Waals surface area contributed by atoms with Gasteiger partial charge in [-0.1, -0.05) is 0 Å². The number of nitrogens with two attached hydrogens (primary N) is 5. The molecular formula is H11Cl2CoN5. The van der Waals surface area contributed by atoms with E-state index in [1.165, 1.54) is 0 Å². The molecular weight excluding hydrogens is 200 g/mol. The van der Waals surface area contributed by atoms with Crippen LogP contribution < -0.4 is 23.9 Å². The van der Waals surface area contributed by atoms with E-state index < -0.39 is 10.7 Å². The fourth-order valence-corrected chi connectivity index (χ4v) is 0. The minimum atomic E-state index is -4.67. The first kappa shape index (κ1) is 11.7. The van der Waals surface area contributed by atoms with Crippen molar-refractivity contribution in [2.45, 2.75) is 0 Å². The van der Waals surface area contributed by atoms with Crippen molar-refractivity contribution in [2.24, 2.45) is 23.9 Å². The third kappa shape index (κ3) is 304. The van der Waals surface area contributed by atoms with Crippen molar-refractivity contribution in [1.82, 2.24) is 0 Å². The van der Waals surface area contributed by atoms with Crippen molar-refractivity contribution in [3.05, 3.63) is 0 Å². The Bertz CT molecular complexity index is 69.0. The molecule has 10 N–H and O–H groups in total. The zero-order valence-electron chi connectivity index (χ0n) is 4.01. The Hall–Kier alpha value is 0.886. The van der Waals surface area contributed by atoms with Crippen molar-refractivity contribution in [2.75, 3.05) is 0 Å². The monoisotopic (exact) mass is 210 g/mol. The molecule has 0 radical (unpaired) electrons. The number of halogens is 2. The Morgan fingerprint density at radius 3 is 0.875 bits per heavy atom. The summed E-state index contributed by atoms with van der Waals surface area (Å²) in [6.07, 6.45) is 0. The van der Waals surface area contributed by atoms with Crippen LogP contribution in [-0.4, -0.2) is 0 Å². The van der Waals surface area contributed by atoms with Crippen molar-refractivity contribution in [3.63, 3.8) is 0 Å². The Labute approximate surface area is 57.5 Å². The first-order valence-corrected chi connectivity index (χ1v) is 5.53. The molecule has 0 unspecified atom stereocenters. The molecule has 8 heteroatoms. The fraction of sp³-hybridized carbons (Fsp3) is 0. The van der Waals surface area contributed by atoms with Gasteiger partial charge in [0.05, 0.1) is 0 Å². The van der Waals surface area contributed by atoms with Gasteiger partial charge >= 0.3 is 44.8 Å². The van der Waals surface area contributed by atoms with Crippen LogP contribution in [0.5, 0.6) is 0 Å². The van der Waals surface area contributed by atoms with E-state index in [0.717, 1.165) is 0 Å². The normalized spacial score (nSPS) is 20.2. The summed E-state index contributed by atoms with van der Waals surface area (Å²) in [5, 5.41) is 0. The van der Waals surface area contributed by atoms with Crippen LogP contribution in [0.25, 0.3) is 0 Å². The second kappa shape index (κ2) is 1.48. The minimum absolute atomic E-state index is 0. The second-order valence-corrected chi connectivity index (χ2v) is 9.08. The molecule has 0 aliphatic rings. The molecule has 0 fully saturated rings. The standard InChI is InChI=1S/2ClH.Co.5H2N/h2*1H;;5*1H2/q;;+6;5*-1/p-1. The van der Waals surface area contributed by atoms with Gasteiger partial charge in [-0.05, 0) is 0 Å². The van der Waals surface area contributed by atoms with E-state index in [2.05, 4.69) is 0 Å². The maximum absolute atomic E-state index is 5.07. The van der Waals surface area contributed by atoms with E-state index in [0.29, 0.717) is 0 Å². The quantitative estimate of drug-likeness (QED) is 0.321. The molecule has 0 rings (SSSR count). The maximum atomic E-state index is 5.07. The number of rotatable bonds is 0. The average Bonchev–Trinajstić information content (AvgIpc) is 0.592. The van der Waals surface area contributed by atoms with Gasteiger partial charge < -0.3 is 0 Å². The van der Waals surface area contributed by atoms with Crippen molar-refractivity contribution in [3.8, 4) is 0 Å². The Balaban J connectivity index is 0. The summed E-state index contributed by atoms with van der Waals surface area (Å²) in [7, 11) is 0.392. The van der Waals surface area contributed by atoms with E-state index in [4.69, 9.17) is 34.1 Å². The molecule has 0 amide bonds. The predicted molar refractivity (Wildman–Crippen MR) is 34.0 cm³/mol. The first-order chi connectivity index (χ1) is 2.45. The molecule has 0 aliphatic carbocycles. The Morgan fingerprint density at radius 2 is 0.875 bits per heavy atom. The van der Waals surface area contributed by atoms with Crippen molar-refractivity contribution < 1.29 is 10.7 Å². The summed E-state index contributed by atoms with van der Waals surface area (Å²) in [6.45, 7) is 0. The van der Waals surface area contributed by atoms with E-state index >= 15 is 0 Å². The molecule has 0 atom stereocenters. The number of hydrogen-bond donors (Lipinski definition) is 5. The molecule has 59 valence electrons. The average molecular weight is 211 g/mol. The summed E-state index contributed by atoms with van der Waals surface area (Å²) < 4.78 is 0. The third-order valence-electron chi connectivity index (χ3n) is 0. The molecule has 0 saturated heterocycles. The van der Waals surface area contributed by atoms with Gasteiger partial charge in [-0.15, -0.1) is 12.4 Å². The molecule has 0 spiro atoms. The second-order valence-electron chi connectivity index (χ2n) is 1.47. The van der Waals surface area contributed by atoms with Crippen LogP contribution in [0.15, 0.2) is 0 Å². The van der Waals surface area contributed by atoms with Gasteiger partial charge in [-0.25, -0.2) is 0 Å². The molecule has 0 bridgehead atoms. The zero-order valence-corrected chi connectivity index (χ0v) is 6.62. The fourth-order valence-electron chi connectivity index (χ4n) is 0. The molecule has 0 aromatic carbocycles. The van der Waals surface area contributed by atoms with Crippen molar-refractivity contribution >= 4 is 22.6 Å². The molecule has 8 heavy (non-hydrogen) atoms. The van der Waals surface area contributed by atoms with E-state index in [-0.39, 0.29) is 12.4 Å². The topological polar surface area (TPSA) is 130 Å². The third-order valence-corrected chi connectivity index (χ3v) is 0. The van der Waals surface area contributed by atoms with Crippen LogP contribution in [-0.2, 0) is 10.7 Å². The van der Waals surface area contributed by atoms with Gasteiger partial charge in [0.25, 0.3) is 0 Å². The van der Waals surface area contributed by atoms with E-state index in [1.54, 1.807) is 0 Å². The van der Waals surface area contributed by atoms with Gasteiger partial charge in [-0.2, -0.15) is 0 Å². The first-order valence-electron chi connectivity index (χ1n) is 1.09. The van der Waals surface area contributed by atoms with Crippen LogP contribution in [0.1, 0.15) is 0 Å². The summed E-state index contributed by atoms with van der Waals surface area (Å²) >= 11 is 0. The van der Waals surface area contributed by atoms with Crippen LogP contribution >= 0.6 is 22.6 Å². The molecule has 5 nitrogen and oxygen atoms in total. The van der Waals surface area contributed by atoms with Gasteiger partial charge in [-0.3, -0.25) is 0 Å². The van der Waals surface area contributed by atoms with E-state index in [1.807, 2.05) is 0 Å². The van der Waals surface area contributed by atoms with Crippen molar-refractivity contribution in [1.29, 1.82) is 0 Å². The SMILES string of the molecule is Cl.[NH2][Co]([NH2])([NH2])([NH2])([NH2])[Cl]. The van der Waals surface area contributed by atoms with Gasteiger partial charge in [0.1, 0.15) is 0 Å². The van der Waals surface area contributed by atoms with Gasteiger partial charge in [0.2, 0.25) is 0 Å². The summed E-state index contributed by atoms with van der Waals surface area (Å²) in [6, 6.07) is 0. The molecule has 0 aromatic rings. The molecule has 0 heterocycles.